The van der Waals surface area contributed by atoms with Crippen LogP contribution in [-0.2, 0) is 25.2 Å². The van der Waals surface area contributed by atoms with Gasteiger partial charge in [-0.1, -0.05) is 60.7 Å². The number of carbonyl (C=O) groups excluding carboxylic acids is 1. The van der Waals surface area contributed by atoms with Crippen LogP contribution >= 0.6 is 0 Å². The minimum Gasteiger partial charge on any atom is -0.475 e. The Morgan fingerprint density at radius 2 is 1.53 bits per heavy atom. The van der Waals surface area contributed by atoms with Crippen LogP contribution in [0.1, 0.15) is 18.4 Å². The molecule has 0 unspecified atom stereocenters. The zero-order chi connectivity index (χ0) is 22.8. The van der Waals surface area contributed by atoms with Crippen molar-refractivity contribution >= 4 is 32.5 Å². The van der Waals surface area contributed by atoms with Gasteiger partial charge in [0.1, 0.15) is 0 Å². The van der Waals surface area contributed by atoms with Crippen LogP contribution in [0.3, 0.4) is 0 Å². The number of nitrogens with one attached hydrogen (secondary N) is 1. The molecule has 8 heteroatoms. The van der Waals surface area contributed by atoms with Gasteiger partial charge in [-0.15, -0.1) is 0 Å². The summed E-state index contributed by atoms with van der Waals surface area (Å²) in [5, 5.41) is 13.9. The third-order valence-electron chi connectivity index (χ3n) is 6.09. The van der Waals surface area contributed by atoms with Crippen molar-refractivity contribution in [3.8, 4) is 0 Å². The molecule has 1 fully saturated rings. The second-order valence-electron chi connectivity index (χ2n) is 7.94. The molecule has 0 atom stereocenters. The highest BCUT2D eigenvalue weighted by molar-refractivity contribution is 7.89. The summed E-state index contributed by atoms with van der Waals surface area (Å²) in [6.45, 7) is 0.179. The van der Waals surface area contributed by atoms with Crippen LogP contribution in [-0.4, -0.2) is 49.2 Å². The molecule has 0 saturated carbocycles. The number of rotatable bonds is 7. The predicted octanol–water partition coefficient (Wildman–Crippen LogP) is 2.76. The molecule has 7 nitrogen and oxygen atoms in total. The number of hydrogen-bond acceptors (Lipinski definition) is 5. The summed E-state index contributed by atoms with van der Waals surface area (Å²) in [6, 6.07) is 22.2. The fraction of sp³-hybridized carbons (Fsp3) is 0.250. The highest BCUT2D eigenvalue weighted by Crippen LogP contribution is 2.35. The summed E-state index contributed by atoms with van der Waals surface area (Å²) in [5.74, 6) is -2.41. The Morgan fingerprint density at radius 1 is 0.906 bits per heavy atom. The van der Waals surface area contributed by atoms with E-state index in [1.54, 1.807) is 18.2 Å². The molecule has 4 rings (SSSR count). The quantitative estimate of drug-likeness (QED) is 0.535. The van der Waals surface area contributed by atoms with Crippen LogP contribution in [0.25, 0.3) is 10.8 Å². The third kappa shape index (κ3) is 4.29. The molecule has 3 aromatic carbocycles. The van der Waals surface area contributed by atoms with Gasteiger partial charge in [-0.25, -0.2) is 13.2 Å². The number of hydrogen-bond donors (Lipinski definition) is 2. The van der Waals surface area contributed by atoms with E-state index in [9.17, 15) is 18.0 Å². The van der Waals surface area contributed by atoms with Crippen LogP contribution in [0.5, 0.6) is 0 Å². The molecular formula is C24H24N2O5S. The molecule has 0 aliphatic carbocycles. The SMILES string of the molecule is O=C(O)C(=O)CNC1(c2ccccc2)CCN(S(=O)(=O)c2ccc3ccccc3c2)CC1. The fourth-order valence-corrected chi connectivity index (χ4v) is 5.71. The number of carboxylic acid groups (broad SMARTS) is 1. The summed E-state index contributed by atoms with van der Waals surface area (Å²) in [4.78, 5) is 22.9. The first kappa shape index (κ1) is 22.1. The monoisotopic (exact) mass is 452 g/mol. The smallest absolute Gasteiger partial charge is 0.373 e. The average Bonchev–Trinajstić information content (AvgIpc) is 2.83. The zero-order valence-corrected chi connectivity index (χ0v) is 18.2. The van der Waals surface area contributed by atoms with Crippen LogP contribution in [0, 0.1) is 0 Å². The van der Waals surface area contributed by atoms with Gasteiger partial charge in [0.25, 0.3) is 5.78 Å². The second kappa shape index (κ2) is 8.82. The molecule has 1 heterocycles. The number of fused-ring (bicyclic) bond motifs is 1. The highest BCUT2D eigenvalue weighted by Gasteiger charge is 2.40. The first-order valence-corrected chi connectivity index (χ1v) is 11.8. The van der Waals surface area contributed by atoms with E-state index in [0.717, 1.165) is 16.3 Å². The average molecular weight is 453 g/mol. The molecule has 3 aromatic rings. The van der Waals surface area contributed by atoms with E-state index in [2.05, 4.69) is 5.32 Å². The molecule has 1 saturated heterocycles. The molecule has 0 radical (unpaired) electrons. The Hall–Kier alpha value is -3.07. The Kier molecular flexibility index (Phi) is 6.10. The number of carboxylic acids is 1. The number of aliphatic carboxylic acids is 1. The van der Waals surface area contributed by atoms with Crippen LogP contribution < -0.4 is 5.32 Å². The minimum absolute atomic E-state index is 0.248. The maximum atomic E-state index is 13.3. The number of Topliss-reactive ketones (excluding diaryl/α,β-unsaturated/α-hetero) is 1. The maximum Gasteiger partial charge on any atom is 0.373 e. The van der Waals surface area contributed by atoms with E-state index in [-0.39, 0.29) is 24.5 Å². The predicted molar refractivity (Wildman–Crippen MR) is 121 cm³/mol. The van der Waals surface area contributed by atoms with Crippen LogP contribution in [0.15, 0.2) is 77.7 Å². The molecule has 2 N–H and O–H groups in total. The topological polar surface area (TPSA) is 104 Å². The Morgan fingerprint density at radius 3 is 2.19 bits per heavy atom. The summed E-state index contributed by atoms with van der Waals surface area (Å²) >= 11 is 0. The molecule has 32 heavy (non-hydrogen) atoms. The van der Waals surface area contributed by atoms with Crippen molar-refractivity contribution < 1.29 is 23.1 Å². The third-order valence-corrected chi connectivity index (χ3v) is 7.98. The van der Waals surface area contributed by atoms with Gasteiger partial charge in [-0.05, 0) is 41.3 Å². The van der Waals surface area contributed by atoms with Crippen molar-refractivity contribution in [2.75, 3.05) is 19.6 Å². The number of nitrogens with zero attached hydrogens (tertiary/aromatic N) is 1. The second-order valence-corrected chi connectivity index (χ2v) is 9.88. The van der Waals surface area contributed by atoms with Crippen molar-refractivity contribution in [3.05, 3.63) is 78.4 Å². The molecule has 0 bridgehead atoms. The molecule has 0 spiro atoms. The summed E-state index contributed by atoms with van der Waals surface area (Å²) < 4.78 is 28.1. The molecule has 166 valence electrons. The fourth-order valence-electron chi connectivity index (χ4n) is 4.24. The molecular weight excluding hydrogens is 428 g/mol. The van der Waals surface area contributed by atoms with Gasteiger partial charge < -0.3 is 5.11 Å². The number of sulfonamides is 1. The van der Waals surface area contributed by atoms with Gasteiger partial charge in [0.15, 0.2) is 0 Å². The summed E-state index contributed by atoms with van der Waals surface area (Å²) in [5.41, 5.74) is 0.225. The van der Waals surface area contributed by atoms with Crippen LogP contribution in [0.4, 0.5) is 0 Å². The lowest BCUT2D eigenvalue weighted by Gasteiger charge is -2.42. The summed E-state index contributed by atoms with van der Waals surface area (Å²) in [7, 11) is -3.69. The Bertz CT molecular complexity index is 1250. The number of ketones is 1. The van der Waals surface area contributed by atoms with Crippen molar-refractivity contribution in [1.29, 1.82) is 0 Å². The molecule has 0 amide bonds. The van der Waals surface area contributed by atoms with Gasteiger partial charge in [0.2, 0.25) is 10.0 Å². The van der Waals surface area contributed by atoms with E-state index >= 15 is 0 Å². The van der Waals surface area contributed by atoms with E-state index < -0.39 is 27.3 Å². The van der Waals surface area contributed by atoms with E-state index in [0.29, 0.717) is 12.8 Å². The maximum absolute atomic E-state index is 13.3. The van der Waals surface area contributed by atoms with Gasteiger partial charge >= 0.3 is 5.97 Å². The lowest BCUT2D eigenvalue weighted by Crippen LogP contribution is -2.53. The van der Waals surface area contributed by atoms with Crippen molar-refractivity contribution in [1.82, 2.24) is 9.62 Å². The van der Waals surface area contributed by atoms with E-state index in [1.807, 2.05) is 54.6 Å². The largest absolute Gasteiger partial charge is 0.475 e. The summed E-state index contributed by atoms with van der Waals surface area (Å²) in [6.07, 6.45) is 0.827. The first-order chi connectivity index (χ1) is 15.3. The zero-order valence-electron chi connectivity index (χ0n) is 17.4. The minimum atomic E-state index is -3.69. The highest BCUT2D eigenvalue weighted by atomic mass is 32.2. The van der Waals surface area contributed by atoms with Gasteiger partial charge in [0, 0.05) is 18.6 Å². The normalized spacial score (nSPS) is 16.6. The lowest BCUT2D eigenvalue weighted by atomic mass is 9.81. The Balaban J connectivity index is 1.57. The number of piperidine rings is 1. The lowest BCUT2D eigenvalue weighted by molar-refractivity contribution is -0.148. The van der Waals surface area contributed by atoms with Gasteiger partial charge in [-0.2, -0.15) is 4.31 Å². The number of benzene rings is 3. The van der Waals surface area contributed by atoms with Crippen LogP contribution in [0.2, 0.25) is 0 Å². The van der Waals surface area contributed by atoms with E-state index in [1.165, 1.54) is 4.31 Å². The standard InChI is InChI=1S/C24H24N2O5S/c27-22(23(28)29)17-25-24(20-8-2-1-3-9-20)12-14-26(15-13-24)32(30,31)21-11-10-18-6-4-5-7-19(18)16-21/h1-11,16,25H,12-15,17H2,(H,28,29). The number of carbonyl (C=O) groups is 2. The molecule has 0 aromatic heterocycles. The Labute approximate surface area is 186 Å². The van der Waals surface area contributed by atoms with E-state index in [4.69, 9.17) is 5.11 Å². The molecule has 1 aliphatic heterocycles. The van der Waals surface area contributed by atoms with Crippen molar-refractivity contribution in [2.45, 2.75) is 23.3 Å². The van der Waals surface area contributed by atoms with Crippen molar-refractivity contribution in [2.24, 2.45) is 0 Å². The van der Waals surface area contributed by atoms with Crippen molar-refractivity contribution in [3.63, 3.8) is 0 Å². The first-order valence-electron chi connectivity index (χ1n) is 10.4. The van der Waals surface area contributed by atoms with Gasteiger partial charge in [0.05, 0.1) is 11.4 Å². The molecule has 1 aliphatic rings. The van der Waals surface area contributed by atoms with Gasteiger partial charge in [-0.3, -0.25) is 10.1 Å².